The van der Waals surface area contributed by atoms with E-state index in [1.54, 1.807) is 0 Å². The zero-order valence-corrected chi connectivity index (χ0v) is 12.8. The molecule has 0 spiro atoms. The number of hydrogen-bond acceptors (Lipinski definition) is 3. The molecule has 3 rings (SSSR count). The minimum absolute atomic E-state index is 0.337. The first-order valence-electron chi connectivity index (χ1n) is 8.31. The Balaban J connectivity index is 1.73. The van der Waals surface area contributed by atoms with E-state index in [9.17, 15) is 0 Å². The largest absolute Gasteiger partial charge is 0.376 e. The number of nitrogens with one attached hydrogen (secondary N) is 1. The Kier molecular flexibility index (Phi) is 3.89. The molecule has 0 amide bonds. The normalized spacial score (nSPS) is 39.6. The molecule has 3 heteroatoms. The van der Waals surface area contributed by atoms with Crippen molar-refractivity contribution in [2.75, 3.05) is 19.7 Å². The first-order valence-corrected chi connectivity index (χ1v) is 8.31. The highest BCUT2D eigenvalue weighted by molar-refractivity contribution is 5.02. The van der Waals surface area contributed by atoms with Gasteiger partial charge in [-0.2, -0.15) is 0 Å². The van der Waals surface area contributed by atoms with Crippen molar-refractivity contribution in [2.24, 2.45) is 5.92 Å². The maximum atomic E-state index is 6.06. The molecular formula is C16H30N2O. The molecule has 3 atom stereocenters. The van der Waals surface area contributed by atoms with Crippen LogP contribution in [0, 0.1) is 5.92 Å². The van der Waals surface area contributed by atoms with Gasteiger partial charge in [-0.1, -0.05) is 13.8 Å². The standard InChI is InChI=1S/C16H30N2O/c1-4-16(5-2)11-18(12(3)10-17-16)14-8-9-19-15(14)13-6-7-13/h12-15,17H,4-11H2,1-3H3. The van der Waals surface area contributed by atoms with Crippen LogP contribution in [0.3, 0.4) is 0 Å². The number of ether oxygens (including phenoxy) is 1. The number of hydrogen-bond donors (Lipinski definition) is 1. The molecule has 3 aliphatic rings. The third kappa shape index (κ3) is 2.57. The molecule has 2 heterocycles. The van der Waals surface area contributed by atoms with Crippen LogP contribution in [0.4, 0.5) is 0 Å². The van der Waals surface area contributed by atoms with Crippen molar-refractivity contribution >= 4 is 0 Å². The summed E-state index contributed by atoms with van der Waals surface area (Å²) in [6.07, 6.45) is 7.03. The van der Waals surface area contributed by atoms with Crippen molar-refractivity contribution in [1.29, 1.82) is 0 Å². The van der Waals surface area contributed by atoms with Gasteiger partial charge in [0.1, 0.15) is 0 Å². The molecule has 0 bridgehead atoms. The number of nitrogens with zero attached hydrogens (tertiary/aromatic N) is 1. The molecule has 0 aromatic heterocycles. The van der Waals surface area contributed by atoms with Crippen LogP contribution in [0.5, 0.6) is 0 Å². The summed E-state index contributed by atoms with van der Waals surface area (Å²) in [7, 11) is 0. The molecule has 0 radical (unpaired) electrons. The Morgan fingerprint density at radius 3 is 2.58 bits per heavy atom. The highest BCUT2D eigenvalue weighted by Gasteiger charge is 2.47. The van der Waals surface area contributed by atoms with Crippen LogP contribution in [-0.4, -0.2) is 48.3 Å². The molecule has 0 aromatic rings. The summed E-state index contributed by atoms with van der Waals surface area (Å²) in [6, 6.07) is 1.33. The second-order valence-electron chi connectivity index (χ2n) is 6.92. The van der Waals surface area contributed by atoms with E-state index in [0.29, 0.717) is 23.7 Å². The summed E-state index contributed by atoms with van der Waals surface area (Å²) in [5, 5.41) is 3.81. The molecule has 1 N–H and O–H groups in total. The SMILES string of the molecule is CCC1(CC)CN(C2CCOC2C2CC2)C(C)CN1. The van der Waals surface area contributed by atoms with E-state index >= 15 is 0 Å². The lowest BCUT2D eigenvalue weighted by molar-refractivity contribution is -0.00365. The van der Waals surface area contributed by atoms with Crippen molar-refractivity contribution in [3.8, 4) is 0 Å². The monoisotopic (exact) mass is 266 g/mol. The van der Waals surface area contributed by atoms with Crippen LogP contribution in [0.15, 0.2) is 0 Å². The van der Waals surface area contributed by atoms with Crippen LogP contribution < -0.4 is 5.32 Å². The van der Waals surface area contributed by atoms with E-state index in [-0.39, 0.29) is 0 Å². The van der Waals surface area contributed by atoms with Gasteiger partial charge in [0.05, 0.1) is 6.10 Å². The molecule has 1 saturated carbocycles. The van der Waals surface area contributed by atoms with Crippen molar-refractivity contribution in [1.82, 2.24) is 10.2 Å². The molecule has 3 unspecified atom stereocenters. The summed E-state index contributed by atoms with van der Waals surface area (Å²) in [4.78, 5) is 2.78. The van der Waals surface area contributed by atoms with E-state index < -0.39 is 0 Å². The van der Waals surface area contributed by atoms with Gasteiger partial charge in [0, 0.05) is 37.3 Å². The van der Waals surface area contributed by atoms with Gasteiger partial charge in [0.15, 0.2) is 0 Å². The molecule has 2 aliphatic heterocycles. The zero-order valence-electron chi connectivity index (χ0n) is 12.8. The van der Waals surface area contributed by atoms with Crippen LogP contribution >= 0.6 is 0 Å². The van der Waals surface area contributed by atoms with Crippen LogP contribution in [0.2, 0.25) is 0 Å². The van der Waals surface area contributed by atoms with E-state index in [0.717, 1.165) is 19.1 Å². The van der Waals surface area contributed by atoms with Crippen LogP contribution in [0.1, 0.15) is 52.9 Å². The average Bonchev–Trinajstić information content (AvgIpc) is 3.18. The Labute approximate surface area is 118 Å². The van der Waals surface area contributed by atoms with Gasteiger partial charge in [0.2, 0.25) is 0 Å². The lowest BCUT2D eigenvalue weighted by atomic mass is 9.87. The Bertz CT molecular complexity index is 312. The van der Waals surface area contributed by atoms with Crippen molar-refractivity contribution in [3.63, 3.8) is 0 Å². The fraction of sp³-hybridized carbons (Fsp3) is 1.00. The van der Waals surface area contributed by atoms with Crippen molar-refractivity contribution < 1.29 is 4.74 Å². The lowest BCUT2D eigenvalue weighted by Crippen LogP contribution is -2.66. The smallest absolute Gasteiger partial charge is 0.0759 e. The van der Waals surface area contributed by atoms with Gasteiger partial charge in [0.25, 0.3) is 0 Å². The molecule has 19 heavy (non-hydrogen) atoms. The minimum atomic E-state index is 0.337. The number of piperazine rings is 1. The Hall–Kier alpha value is -0.120. The van der Waals surface area contributed by atoms with Crippen LogP contribution in [0.25, 0.3) is 0 Å². The second kappa shape index (κ2) is 5.34. The Morgan fingerprint density at radius 2 is 1.95 bits per heavy atom. The van der Waals surface area contributed by atoms with E-state index in [1.165, 1.54) is 38.6 Å². The highest BCUT2D eigenvalue weighted by Crippen LogP contribution is 2.41. The van der Waals surface area contributed by atoms with Gasteiger partial charge in [-0.3, -0.25) is 4.90 Å². The number of rotatable bonds is 4. The van der Waals surface area contributed by atoms with Crippen molar-refractivity contribution in [2.45, 2.75) is 76.6 Å². The predicted molar refractivity (Wildman–Crippen MR) is 78.4 cm³/mol. The summed E-state index contributed by atoms with van der Waals surface area (Å²) < 4.78 is 6.06. The highest BCUT2D eigenvalue weighted by atomic mass is 16.5. The van der Waals surface area contributed by atoms with Gasteiger partial charge in [-0.25, -0.2) is 0 Å². The van der Waals surface area contributed by atoms with E-state index in [4.69, 9.17) is 4.74 Å². The van der Waals surface area contributed by atoms with Gasteiger partial charge in [-0.15, -0.1) is 0 Å². The molecule has 0 aromatic carbocycles. The summed E-state index contributed by atoms with van der Waals surface area (Å²) >= 11 is 0. The first-order chi connectivity index (χ1) is 9.19. The average molecular weight is 266 g/mol. The topological polar surface area (TPSA) is 24.5 Å². The van der Waals surface area contributed by atoms with Gasteiger partial charge < -0.3 is 10.1 Å². The summed E-state index contributed by atoms with van der Waals surface area (Å²) in [6.45, 7) is 10.4. The molecule has 3 fully saturated rings. The van der Waals surface area contributed by atoms with Crippen LogP contribution in [-0.2, 0) is 4.74 Å². The zero-order chi connectivity index (χ0) is 13.5. The maximum absolute atomic E-state index is 6.06. The summed E-state index contributed by atoms with van der Waals surface area (Å²) in [5.41, 5.74) is 0.337. The van der Waals surface area contributed by atoms with Gasteiger partial charge >= 0.3 is 0 Å². The third-order valence-electron chi connectivity index (χ3n) is 5.79. The van der Waals surface area contributed by atoms with E-state index in [1.807, 2.05) is 0 Å². The predicted octanol–water partition coefficient (Wildman–Crippen LogP) is 2.41. The quantitative estimate of drug-likeness (QED) is 0.845. The second-order valence-corrected chi connectivity index (χ2v) is 6.92. The molecular weight excluding hydrogens is 236 g/mol. The molecule has 3 nitrogen and oxygen atoms in total. The fourth-order valence-corrected chi connectivity index (χ4v) is 4.04. The Morgan fingerprint density at radius 1 is 1.21 bits per heavy atom. The molecule has 2 saturated heterocycles. The molecule has 110 valence electrons. The van der Waals surface area contributed by atoms with Crippen molar-refractivity contribution in [3.05, 3.63) is 0 Å². The minimum Gasteiger partial charge on any atom is -0.376 e. The summed E-state index contributed by atoms with van der Waals surface area (Å²) in [5.74, 6) is 0.868. The fourth-order valence-electron chi connectivity index (χ4n) is 4.04. The third-order valence-corrected chi connectivity index (χ3v) is 5.79. The lowest BCUT2D eigenvalue weighted by Gasteiger charge is -2.49. The van der Waals surface area contributed by atoms with Gasteiger partial charge in [-0.05, 0) is 44.9 Å². The first kappa shape index (κ1) is 13.8. The maximum Gasteiger partial charge on any atom is 0.0759 e. The van der Waals surface area contributed by atoms with E-state index in [2.05, 4.69) is 31.0 Å². The molecule has 1 aliphatic carbocycles.